The predicted molar refractivity (Wildman–Crippen MR) is 163 cm³/mol. The highest BCUT2D eigenvalue weighted by Gasteiger charge is 2.22. The molecule has 0 rings (SSSR count). The molecule has 0 aromatic carbocycles. The number of allylic oxidation sites excluding steroid dienone is 2. The molecular formula is C34H64O4. The second-order valence-corrected chi connectivity index (χ2v) is 11.4. The quantitative estimate of drug-likeness (QED) is 0.0563. The Morgan fingerprint density at radius 3 is 1.37 bits per heavy atom. The topological polar surface area (TPSA) is 63.6 Å². The fourth-order valence-corrected chi connectivity index (χ4v) is 5.06. The zero-order chi connectivity index (χ0) is 27.9. The lowest BCUT2D eigenvalue weighted by atomic mass is 9.97. The van der Waals surface area contributed by atoms with Crippen LogP contribution in [0.3, 0.4) is 0 Å². The van der Waals surface area contributed by atoms with Gasteiger partial charge in [-0.3, -0.25) is 9.59 Å². The molecule has 0 radical (unpaired) electrons. The van der Waals surface area contributed by atoms with Crippen LogP contribution in [0.5, 0.6) is 0 Å². The van der Waals surface area contributed by atoms with Crippen molar-refractivity contribution in [1.82, 2.24) is 0 Å². The Labute approximate surface area is 236 Å². The molecule has 0 aliphatic carbocycles. The number of esters is 1. The third kappa shape index (κ3) is 27.7. The van der Waals surface area contributed by atoms with Crippen LogP contribution in [0.1, 0.15) is 181 Å². The van der Waals surface area contributed by atoms with E-state index in [1.54, 1.807) is 0 Å². The number of hydrogen-bond acceptors (Lipinski definition) is 3. The van der Waals surface area contributed by atoms with Crippen LogP contribution in [0.25, 0.3) is 0 Å². The highest BCUT2D eigenvalue weighted by molar-refractivity contribution is 5.79. The zero-order valence-electron chi connectivity index (χ0n) is 25.5. The highest BCUT2D eigenvalue weighted by Crippen LogP contribution is 2.18. The van der Waals surface area contributed by atoms with Gasteiger partial charge in [-0.1, -0.05) is 148 Å². The molecule has 0 saturated carbocycles. The fourth-order valence-electron chi connectivity index (χ4n) is 5.06. The van der Waals surface area contributed by atoms with Crippen molar-refractivity contribution in [2.75, 3.05) is 6.61 Å². The predicted octanol–water partition coefficient (Wildman–Crippen LogP) is 11.0. The molecule has 0 bridgehead atoms. The summed E-state index contributed by atoms with van der Waals surface area (Å²) in [6.07, 6.45) is 36.6. The largest absolute Gasteiger partial charge is 0.481 e. The molecule has 0 heterocycles. The van der Waals surface area contributed by atoms with Gasteiger partial charge >= 0.3 is 11.9 Å². The highest BCUT2D eigenvalue weighted by atomic mass is 16.5. The second-order valence-electron chi connectivity index (χ2n) is 11.4. The summed E-state index contributed by atoms with van der Waals surface area (Å²) in [6.45, 7) is 4.61. The number of unbranched alkanes of at least 4 members (excludes halogenated alkanes) is 21. The van der Waals surface area contributed by atoms with E-state index in [1.165, 1.54) is 135 Å². The van der Waals surface area contributed by atoms with Crippen LogP contribution in [0.4, 0.5) is 0 Å². The minimum Gasteiger partial charge on any atom is -0.481 e. The van der Waals surface area contributed by atoms with Gasteiger partial charge in [-0.15, -0.1) is 0 Å². The second kappa shape index (κ2) is 30.2. The Morgan fingerprint density at radius 2 is 0.974 bits per heavy atom. The molecule has 224 valence electrons. The number of carboxylic acid groups (broad SMARTS) is 1. The lowest BCUT2D eigenvalue weighted by Gasteiger charge is -2.13. The molecule has 1 atom stereocenters. The number of rotatable bonds is 30. The van der Waals surface area contributed by atoms with E-state index in [0.717, 1.165) is 19.3 Å². The molecule has 1 N–H and O–H groups in total. The Balaban J connectivity index is 3.37. The van der Waals surface area contributed by atoms with Crippen LogP contribution in [-0.4, -0.2) is 23.7 Å². The molecule has 1 unspecified atom stereocenters. The van der Waals surface area contributed by atoms with Gasteiger partial charge in [0.25, 0.3) is 0 Å². The summed E-state index contributed by atoms with van der Waals surface area (Å²) in [5.41, 5.74) is 0. The van der Waals surface area contributed by atoms with Crippen LogP contribution < -0.4 is 0 Å². The van der Waals surface area contributed by atoms with Crippen molar-refractivity contribution in [3.8, 4) is 0 Å². The van der Waals surface area contributed by atoms with Gasteiger partial charge in [-0.2, -0.15) is 0 Å². The summed E-state index contributed by atoms with van der Waals surface area (Å²) < 4.78 is 5.16. The first-order valence-electron chi connectivity index (χ1n) is 16.6. The van der Waals surface area contributed by atoms with Crippen molar-refractivity contribution in [2.24, 2.45) is 5.92 Å². The minimum atomic E-state index is -0.917. The molecule has 0 spiro atoms. The minimum absolute atomic E-state index is 0.113. The van der Waals surface area contributed by atoms with Crippen LogP contribution in [0.15, 0.2) is 12.2 Å². The van der Waals surface area contributed by atoms with Gasteiger partial charge < -0.3 is 9.84 Å². The van der Waals surface area contributed by atoms with E-state index in [-0.39, 0.29) is 12.4 Å². The van der Waals surface area contributed by atoms with E-state index >= 15 is 0 Å². The van der Waals surface area contributed by atoms with E-state index in [4.69, 9.17) is 9.84 Å². The van der Waals surface area contributed by atoms with E-state index in [9.17, 15) is 9.59 Å². The van der Waals surface area contributed by atoms with Gasteiger partial charge in [-0.25, -0.2) is 0 Å². The van der Waals surface area contributed by atoms with Gasteiger partial charge in [-0.05, 0) is 38.5 Å². The van der Waals surface area contributed by atoms with Crippen molar-refractivity contribution in [3.63, 3.8) is 0 Å². The van der Waals surface area contributed by atoms with Gasteiger partial charge in [0.15, 0.2) is 0 Å². The lowest BCUT2D eigenvalue weighted by molar-refractivity contribution is -0.153. The van der Waals surface area contributed by atoms with Gasteiger partial charge in [0.2, 0.25) is 0 Å². The number of ether oxygens (including phenoxy) is 1. The number of carboxylic acids is 1. The molecule has 0 aliphatic heterocycles. The molecule has 0 amide bonds. The summed E-state index contributed by atoms with van der Waals surface area (Å²) >= 11 is 0. The van der Waals surface area contributed by atoms with Crippen LogP contribution in [0.2, 0.25) is 0 Å². The first-order chi connectivity index (χ1) is 18.6. The van der Waals surface area contributed by atoms with Crippen molar-refractivity contribution in [2.45, 2.75) is 181 Å². The SMILES string of the molecule is CCCCCCCCCCCC/C=C/CCCCCCCCCCCCCC(CC(=O)O)C(=O)OCCC. The van der Waals surface area contributed by atoms with E-state index in [2.05, 4.69) is 19.1 Å². The molecule has 0 aliphatic rings. The van der Waals surface area contributed by atoms with E-state index < -0.39 is 11.9 Å². The Hall–Kier alpha value is -1.32. The summed E-state index contributed by atoms with van der Waals surface area (Å²) in [6, 6.07) is 0. The van der Waals surface area contributed by atoms with Crippen molar-refractivity contribution >= 4 is 11.9 Å². The summed E-state index contributed by atoms with van der Waals surface area (Å²) in [7, 11) is 0. The molecule has 0 saturated heterocycles. The molecule has 4 heteroatoms. The first-order valence-corrected chi connectivity index (χ1v) is 16.6. The third-order valence-electron chi connectivity index (χ3n) is 7.52. The Morgan fingerprint density at radius 1 is 0.579 bits per heavy atom. The third-order valence-corrected chi connectivity index (χ3v) is 7.52. The van der Waals surface area contributed by atoms with Crippen LogP contribution >= 0.6 is 0 Å². The average molecular weight is 537 g/mol. The molecule has 4 nitrogen and oxygen atoms in total. The average Bonchev–Trinajstić information content (AvgIpc) is 2.90. The van der Waals surface area contributed by atoms with Gasteiger partial charge in [0.1, 0.15) is 0 Å². The van der Waals surface area contributed by atoms with Crippen molar-refractivity contribution < 1.29 is 19.4 Å². The number of aliphatic carboxylic acids is 1. The Kier molecular flexibility index (Phi) is 29.2. The molecular weight excluding hydrogens is 472 g/mol. The maximum Gasteiger partial charge on any atom is 0.309 e. The van der Waals surface area contributed by atoms with Gasteiger partial charge in [0.05, 0.1) is 18.9 Å². The number of carbonyl (C=O) groups is 2. The van der Waals surface area contributed by atoms with E-state index in [1.807, 2.05) is 6.92 Å². The standard InChI is InChI=1S/C34H64O4/c1-3-5-6-7-8-9-10-11-12-13-14-15-16-17-18-19-20-21-22-23-24-25-26-27-28-29-32(31-33(35)36)34(37)38-30-4-2/h15-16,32H,3-14,17-31H2,1-2H3,(H,35,36)/b16-15+. The van der Waals surface area contributed by atoms with Crippen molar-refractivity contribution in [1.29, 1.82) is 0 Å². The summed E-state index contributed by atoms with van der Waals surface area (Å²) in [5.74, 6) is -1.74. The maximum absolute atomic E-state index is 12.0. The monoisotopic (exact) mass is 536 g/mol. The Bertz CT molecular complexity index is 543. The van der Waals surface area contributed by atoms with E-state index in [0.29, 0.717) is 13.0 Å². The fraction of sp³-hybridized carbons (Fsp3) is 0.882. The molecule has 38 heavy (non-hydrogen) atoms. The molecule has 0 aromatic heterocycles. The number of hydrogen-bond donors (Lipinski definition) is 1. The molecule has 0 fully saturated rings. The first kappa shape index (κ1) is 36.7. The number of carbonyl (C=O) groups excluding carboxylic acids is 1. The maximum atomic E-state index is 12.0. The normalized spacial score (nSPS) is 12.3. The van der Waals surface area contributed by atoms with Gasteiger partial charge in [0, 0.05) is 0 Å². The zero-order valence-corrected chi connectivity index (χ0v) is 25.5. The molecule has 0 aromatic rings. The summed E-state index contributed by atoms with van der Waals surface area (Å²) in [5, 5.41) is 9.04. The van der Waals surface area contributed by atoms with Crippen LogP contribution in [0, 0.1) is 5.92 Å². The van der Waals surface area contributed by atoms with Crippen molar-refractivity contribution in [3.05, 3.63) is 12.2 Å². The lowest BCUT2D eigenvalue weighted by Crippen LogP contribution is -2.21. The van der Waals surface area contributed by atoms with Crippen LogP contribution in [-0.2, 0) is 14.3 Å². The summed E-state index contributed by atoms with van der Waals surface area (Å²) in [4.78, 5) is 23.0. The smallest absolute Gasteiger partial charge is 0.309 e.